The fourth-order valence-corrected chi connectivity index (χ4v) is 4.70. The molecule has 0 N–H and O–H groups in total. The molecule has 0 amide bonds. The molecular weight excluding hydrogens is 390 g/mol. The van der Waals surface area contributed by atoms with E-state index < -0.39 is 21.5 Å². The zero-order valence-electron chi connectivity index (χ0n) is 15.2. The van der Waals surface area contributed by atoms with E-state index in [1.165, 1.54) is 6.07 Å². The topological polar surface area (TPSA) is 110 Å². The summed E-state index contributed by atoms with van der Waals surface area (Å²) in [5.74, 6) is 0. The molecule has 0 saturated heterocycles. The van der Waals surface area contributed by atoms with Gasteiger partial charge < -0.3 is 13.3 Å². The van der Waals surface area contributed by atoms with Gasteiger partial charge in [0.05, 0.1) is 28.3 Å². The molecule has 0 radical (unpaired) electrons. The summed E-state index contributed by atoms with van der Waals surface area (Å²) in [4.78, 5) is -0.221. The maximum Gasteiger partial charge on any atom is 0.210 e. The molecule has 27 heavy (non-hydrogen) atoms. The van der Waals surface area contributed by atoms with Crippen molar-refractivity contribution in [3.63, 3.8) is 0 Å². The van der Waals surface area contributed by atoms with Gasteiger partial charge in [-0.05, 0) is 36.8 Å². The second-order valence-corrected chi connectivity index (χ2v) is 9.00. The van der Waals surface area contributed by atoms with Crippen LogP contribution in [0.4, 0.5) is 5.69 Å². The number of rotatable bonds is 6. The van der Waals surface area contributed by atoms with E-state index in [1.807, 2.05) is 32.9 Å². The lowest BCUT2D eigenvalue weighted by Gasteiger charge is -2.18. The Bertz CT molecular complexity index is 1070. The SMILES string of the molecule is CC1=[N+](CCCOS(=O)[O-])c2ccc3c(S(=O)(=O)[O-])cccc3c2C1(C)C. The van der Waals surface area contributed by atoms with Gasteiger partial charge in [-0.1, -0.05) is 12.1 Å². The third-order valence-corrected chi connectivity index (χ3v) is 6.45. The highest BCUT2D eigenvalue weighted by molar-refractivity contribution is 7.86. The summed E-state index contributed by atoms with van der Waals surface area (Å²) in [7, 11) is -4.58. The molecule has 1 heterocycles. The Kier molecular flexibility index (Phi) is 5.26. The lowest BCUT2D eigenvalue weighted by molar-refractivity contribution is -0.439. The molecular formula is C18H20NO6S2-. The Balaban J connectivity index is 2.11. The van der Waals surface area contributed by atoms with Crippen LogP contribution in [-0.2, 0) is 31.1 Å². The van der Waals surface area contributed by atoms with E-state index in [1.54, 1.807) is 12.1 Å². The first-order valence-electron chi connectivity index (χ1n) is 8.41. The minimum absolute atomic E-state index is 0.0851. The zero-order chi connectivity index (χ0) is 20.0. The molecule has 0 spiro atoms. The number of benzene rings is 2. The Hall–Kier alpha value is -1.65. The predicted molar refractivity (Wildman–Crippen MR) is 99.9 cm³/mol. The summed E-state index contributed by atoms with van der Waals surface area (Å²) in [6, 6.07) is 8.21. The summed E-state index contributed by atoms with van der Waals surface area (Å²) in [5.41, 5.74) is 2.57. The van der Waals surface area contributed by atoms with Crippen LogP contribution in [0.1, 0.15) is 32.8 Å². The van der Waals surface area contributed by atoms with E-state index in [0.29, 0.717) is 18.4 Å². The Morgan fingerprint density at radius 2 is 1.89 bits per heavy atom. The minimum Gasteiger partial charge on any atom is -0.750 e. The quantitative estimate of drug-likeness (QED) is 0.313. The van der Waals surface area contributed by atoms with E-state index in [2.05, 4.69) is 8.76 Å². The van der Waals surface area contributed by atoms with Crippen LogP contribution >= 0.6 is 0 Å². The minimum atomic E-state index is -4.58. The Labute approximate surface area is 160 Å². The van der Waals surface area contributed by atoms with Gasteiger partial charge in [-0.25, -0.2) is 12.6 Å². The highest BCUT2D eigenvalue weighted by atomic mass is 32.2. The lowest BCUT2D eigenvalue weighted by Crippen LogP contribution is -2.27. The van der Waals surface area contributed by atoms with Crippen molar-refractivity contribution in [3.8, 4) is 0 Å². The molecule has 1 aliphatic heterocycles. The van der Waals surface area contributed by atoms with Crippen LogP contribution in [0.3, 0.4) is 0 Å². The van der Waals surface area contributed by atoms with Gasteiger partial charge in [-0.15, -0.1) is 0 Å². The second kappa shape index (κ2) is 7.06. The average Bonchev–Trinajstić information content (AvgIpc) is 2.77. The molecule has 9 heteroatoms. The van der Waals surface area contributed by atoms with E-state index in [9.17, 15) is 21.7 Å². The maximum atomic E-state index is 11.6. The summed E-state index contributed by atoms with van der Waals surface area (Å²) in [6.45, 7) is 6.73. The van der Waals surface area contributed by atoms with Gasteiger partial charge in [0.25, 0.3) is 0 Å². The van der Waals surface area contributed by atoms with Crippen LogP contribution in [0.25, 0.3) is 10.8 Å². The monoisotopic (exact) mass is 410 g/mol. The van der Waals surface area contributed by atoms with E-state index in [4.69, 9.17) is 0 Å². The summed E-state index contributed by atoms with van der Waals surface area (Å²) in [5, 5.41) is 1.15. The van der Waals surface area contributed by atoms with Gasteiger partial charge in [0.15, 0.2) is 12.3 Å². The highest BCUT2D eigenvalue weighted by Crippen LogP contribution is 2.44. The van der Waals surface area contributed by atoms with Crippen molar-refractivity contribution in [3.05, 3.63) is 35.9 Å². The van der Waals surface area contributed by atoms with Crippen molar-refractivity contribution in [2.45, 2.75) is 37.5 Å². The molecule has 3 rings (SSSR count). The van der Waals surface area contributed by atoms with Gasteiger partial charge in [0.2, 0.25) is 5.69 Å². The summed E-state index contributed by atoms with van der Waals surface area (Å²) >= 11 is -2.53. The number of hydrogen-bond acceptors (Lipinski definition) is 6. The Morgan fingerprint density at radius 3 is 2.52 bits per heavy atom. The normalized spacial score (nSPS) is 17.4. The molecule has 0 aromatic heterocycles. The molecule has 7 nitrogen and oxygen atoms in total. The fraction of sp³-hybridized carbons (Fsp3) is 0.389. The van der Waals surface area contributed by atoms with Gasteiger partial charge >= 0.3 is 0 Å². The lowest BCUT2D eigenvalue weighted by atomic mass is 9.80. The van der Waals surface area contributed by atoms with Crippen LogP contribution in [0.2, 0.25) is 0 Å². The third kappa shape index (κ3) is 3.57. The summed E-state index contributed by atoms with van der Waals surface area (Å²) in [6.07, 6.45) is 0.508. The van der Waals surface area contributed by atoms with E-state index in [0.717, 1.165) is 22.3 Å². The van der Waals surface area contributed by atoms with Crippen LogP contribution < -0.4 is 0 Å². The summed E-state index contributed by atoms with van der Waals surface area (Å²) < 4.78 is 62.6. The van der Waals surface area contributed by atoms with Gasteiger partial charge in [-0.3, -0.25) is 0 Å². The molecule has 0 bridgehead atoms. The number of fused-ring (bicyclic) bond motifs is 3. The predicted octanol–water partition coefficient (Wildman–Crippen LogP) is 2.34. The van der Waals surface area contributed by atoms with Crippen molar-refractivity contribution < 1.29 is 30.5 Å². The largest absolute Gasteiger partial charge is 0.750 e. The Morgan fingerprint density at radius 1 is 1.19 bits per heavy atom. The number of hydrogen-bond donors (Lipinski definition) is 0. The maximum absolute atomic E-state index is 11.6. The first kappa shape index (κ1) is 20.1. The smallest absolute Gasteiger partial charge is 0.210 e. The van der Waals surface area contributed by atoms with Crippen LogP contribution in [0.5, 0.6) is 0 Å². The molecule has 146 valence electrons. The standard InChI is InChI=1S/C18H21NO6S2/c1-12-18(2,3)17-14-6-4-7-16(27(22,23)24)13(14)8-9-15(17)19(12)10-5-11-25-26(20)21/h4,6-9H,5,10-11H2,1-3H3,(H-,20,21,22,23,24)/p-1. The second-order valence-electron chi connectivity index (χ2n) is 7.01. The van der Waals surface area contributed by atoms with E-state index in [-0.39, 0.29) is 16.9 Å². The van der Waals surface area contributed by atoms with Crippen molar-refractivity contribution in [1.29, 1.82) is 0 Å². The van der Waals surface area contributed by atoms with Crippen molar-refractivity contribution >= 4 is 43.7 Å². The zero-order valence-corrected chi connectivity index (χ0v) is 16.9. The fourth-order valence-electron chi connectivity index (χ4n) is 3.75. The number of nitrogens with zero attached hydrogens (tertiary/aromatic N) is 1. The first-order valence-corrected chi connectivity index (χ1v) is 10.8. The van der Waals surface area contributed by atoms with Crippen molar-refractivity contribution in [2.75, 3.05) is 13.2 Å². The van der Waals surface area contributed by atoms with Crippen LogP contribution in [0, 0.1) is 0 Å². The van der Waals surface area contributed by atoms with E-state index >= 15 is 0 Å². The van der Waals surface area contributed by atoms with Crippen molar-refractivity contribution in [1.82, 2.24) is 0 Å². The first-order chi connectivity index (χ1) is 12.5. The van der Waals surface area contributed by atoms with Crippen LogP contribution in [-0.4, -0.2) is 45.2 Å². The molecule has 2 aromatic rings. The van der Waals surface area contributed by atoms with Crippen LogP contribution in [0.15, 0.2) is 35.2 Å². The molecule has 0 aliphatic carbocycles. The van der Waals surface area contributed by atoms with Gasteiger partial charge in [-0.2, -0.15) is 4.58 Å². The highest BCUT2D eigenvalue weighted by Gasteiger charge is 2.44. The third-order valence-electron chi connectivity index (χ3n) is 5.20. The average molecular weight is 410 g/mol. The molecule has 1 unspecified atom stereocenters. The van der Waals surface area contributed by atoms with Crippen molar-refractivity contribution in [2.24, 2.45) is 0 Å². The van der Waals surface area contributed by atoms with Gasteiger partial charge in [0.1, 0.15) is 10.1 Å². The van der Waals surface area contributed by atoms with Gasteiger partial charge in [0, 0.05) is 25.0 Å². The molecule has 1 aliphatic rings. The molecule has 2 aromatic carbocycles. The molecule has 1 atom stereocenters. The molecule has 0 fully saturated rings. The molecule has 0 saturated carbocycles.